The Kier molecular flexibility index (Phi) is 5.49. The summed E-state index contributed by atoms with van der Waals surface area (Å²) in [6.07, 6.45) is 1.32. The lowest BCUT2D eigenvalue weighted by molar-refractivity contribution is -0.137. The number of guanidine groups is 1. The van der Waals surface area contributed by atoms with Crippen LogP contribution in [0.25, 0.3) is 5.70 Å². The number of anilines is 1. The SMILES string of the molecule is COCCN1C(=O)C2C(N=C3N(c4cc(C)ccc4OC)C(c4ccccc4)=CN32)N(C)C1=O. The monoisotopic (exact) mass is 461 g/mol. The molecule has 0 bridgehead atoms. The smallest absolute Gasteiger partial charge is 0.328 e. The van der Waals surface area contributed by atoms with E-state index in [-0.39, 0.29) is 25.1 Å². The van der Waals surface area contributed by atoms with E-state index in [4.69, 9.17) is 14.5 Å². The van der Waals surface area contributed by atoms with Crippen LogP contribution in [-0.4, -0.2) is 79.2 Å². The first kappa shape index (κ1) is 22.0. The number of hydrogen-bond donors (Lipinski definition) is 0. The Morgan fingerprint density at radius 1 is 1.06 bits per heavy atom. The van der Waals surface area contributed by atoms with Gasteiger partial charge < -0.3 is 14.4 Å². The van der Waals surface area contributed by atoms with Crippen LogP contribution in [-0.2, 0) is 9.53 Å². The Morgan fingerprint density at radius 2 is 1.82 bits per heavy atom. The number of benzene rings is 2. The molecule has 9 nitrogen and oxygen atoms in total. The molecule has 34 heavy (non-hydrogen) atoms. The maximum absolute atomic E-state index is 13.5. The molecule has 3 aliphatic rings. The number of aliphatic imine (C=N–C) groups is 1. The van der Waals surface area contributed by atoms with Crippen LogP contribution in [0, 0.1) is 6.92 Å². The standard InChI is InChI=1S/C25H27N5O4/c1-16-10-11-20(34-4)18(14-16)30-19(17-8-6-5-7-9-17)15-29-21-22(26-24(29)30)27(2)25(32)28(23(21)31)12-13-33-3/h5-11,14-15,21-22H,12-13H2,1-4H3. The number of amides is 3. The summed E-state index contributed by atoms with van der Waals surface area (Å²) in [5, 5.41) is 0. The lowest BCUT2D eigenvalue weighted by Gasteiger charge is -2.40. The Labute approximate surface area is 198 Å². The minimum atomic E-state index is -0.658. The van der Waals surface area contributed by atoms with E-state index in [1.807, 2.05) is 71.5 Å². The normalized spacial score (nSPS) is 21.5. The molecule has 2 aromatic rings. The molecular formula is C25H27N5O4. The fourth-order valence-electron chi connectivity index (χ4n) is 4.65. The zero-order valence-electron chi connectivity index (χ0n) is 19.6. The Balaban J connectivity index is 1.63. The average molecular weight is 462 g/mol. The molecule has 2 atom stereocenters. The highest BCUT2D eigenvalue weighted by molar-refractivity contribution is 6.16. The third kappa shape index (κ3) is 3.31. The van der Waals surface area contributed by atoms with E-state index < -0.39 is 12.2 Å². The van der Waals surface area contributed by atoms with E-state index in [1.54, 1.807) is 21.3 Å². The van der Waals surface area contributed by atoms with Crippen molar-refractivity contribution in [2.45, 2.75) is 19.1 Å². The summed E-state index contributed by atoms with van der Waals surface area (Å²) < 4.78 is 10.8. The molecule has 1 fully saturated rings. The van der Waals surface area contributed by atoms with Crippen LogP contribution < -0.4 is 9.64 Å². The van der Waals surface area contributed by atoms with Gasteiger partial charge in [-0.3, -0.25) is 19.5 Å². The van der Waals surface area contributed by atoms with Crippen LogP contribution >= 0.6 is 0 Å². The molecule has 0 spiro atoms. The van der Waals surface area contributed by atoms with E-state index in [1.165, 1.54) is 9.80 Å². The van der Waals surface area contributed by atoms with Crippen LogP contribution in [0.15, 0.2) is 59.7 Å². The van der Waals surface area contributed by atoms with Crippen molar-refractivity contribution in [3.05, 3.63) is 65.9 Å². The summed E-state index contributed by atoms with van der Waals surface area (Å²) in [6, 6.07) is 14.9. The maximum atomic E-state index is 13.5. The number of fused-ring (bicyclic) bond motifs is 3. The van der Waals surface area contributed by atoms with Crippen molar-refractivity contribution in [3.63, 3.8) is 0 Å². The summed E-state index contributed by atoms with van der Waals surface area (Å²) in [4.78, 5) is 38.0. The number of hydrogen-bond acceptors (Lipinski definition) is 7. The number of aryl methyl sites for hydroxylation is 1. The number of carbonyl (C=O) groups is 2. The van der Waals surface area contributed by atoms with Gasteiger partial charge in [0, 0.05) is 25.9 Å². The molecular weight excluding hydrogens is 434 g/mol. The van der Waals surface area contributed by atoms with E-state index >= 15 is 0 Å². The van der Waals surface area contributed by atoms with Gasteiger partial charge in [-0.15, -0.1) is 0 Å². The maximum Gasteiger partial charge on any atom is 0.328 e. The molecule has 5 rings (SSSR count). The number of urea groups is 1. The van der Waals surface area contributed by atoms with E-state index in [2.05, 4.69) is 0 Å². The number of carbonyl (C=O) groups excluding carboxylic acids is 2. The summed E-state index contributed by atoms with van der Waals surface area (Å²) in [7, 11) is 4.86. The molecule has 3 amide bonds. The summed E-state index contributed by atoms with van der Waals surface area (Å²) in [5.41, 5.74) is 3.73. The number of nitrogens with zero attached hydrogens (tertiary/aromatic N) is 5. The second-order valence-electron chi connectivity index (χ2n) is 8.46. The highest BCUT2D eigenvalue weighted by Gasteiger charge is 2.55. The van der Waals surface area contributed by atoms with Gasteiger partial charge in [0.05, 0.1) is 31.6 Å². The zero-order valence-corrected chi connectivity index (χ0v) is 19.6. The first-order chi connectivity index (χ1) is 16.5. The molecule has 0 saturated carbocycles. The summed E-state index contributed by atoms with van der Waals surface area (Å²) >= 11 is 0. The largest absolute Gasteiger partial charge is 0.495 e. The predicted octanol–water partition coefficient (Wildman–Crippen LogP) is 2.73. The van der Waals surface area contributed by atoms with Crippen molar-refractivity contribution in [1.29, 1.82) is 0 Å². The van der Waals surface area contributed by atoms with Crippen LogP contribution in [0.4, 0.5) is 10.5 Å². The van der Waals surface area contributed by atoms with E-state index in [9.17, 15) is 9.59 Å². The van der Waals surface area contributed by atoms with Gasteiger partial charge in [-0.2, -0.15) is 0 Å². The second-order valence-corrected chi connectivity index (χ2v) is 8.46. The van der Waals surface area contributed by atoms with Crippen molar-refractivity contribution < 1.29 is 19.1 Å². The number of rotatable bonds is 6. The molecule has 176 valence electrons. The van der Waals surface area contributed by atoms with Gasteiger partial charge in [-0.1, -0.05) is 36.4 Å². The highest BCUT2D eigenvalue weighted by Crippen LogP contribution is 2.43. The van der Waals surface area contributed by atoms with E-state index in [0.29, 0.717) is 11.7 Å². The van der Waals surface area contributed by atoms with Gasteiger partial charge >= 0.3 is 6.03 Å². The fraction of sp³-hybridized carbons (Fsp3) is 0.320. The molecule has 0 aliphatic carbocycles. The minimum absolute atomic E-state index is 0.190. The number of ether oxygens (including phenoxy) is 2. The zero-order chi connectivity index (χ0) is 24.0. The van der Waals surface area contributed by atoms with Crippen LogP contribution in [0.1, 0.15) is 11.1 Å². The quantitative estimate of drug-likeness (QED) is 0.658. The predicted molar refractivity (Wildman–Crippen MR) is 128 cm³/mol. The third-order valence-corrected chi connectivity index (χ3v) is 6.38. The van der Waals surface area contributed by atoms with Gasteiger partial charge in [0.2, 0.25) is 5.96 Å². The van der Waals surface area contributed by atoms with Crippen molar-refractivity contribution >= 4 is 29.3 Å². The van der Waals surface area contributed by atoms with Crippen molar-refractivity contribution in [2.75, 3.05) is 39.3 Å². The molecule has 2 unspecified atom stereocenters. The van der Waals surface area contributed by atoms with Crippen molar-refractivity contribution in [2.24, 2.45) is 4.99 Å². The summed E-state index contributed by atoms with van der Waals surface area (Å²) in [5.74, 6) is 0.981. The molecule has 0 N–H and O–H groups in total. The number of imide groups is 1. The Bertz CT molecular complexity index is 1200. The third-order valence-electron chi connectivity index (χ3n) is 6.38. The van der Waals surface area contributed by atoms with Gasteiger partial charge in [-0.25, -0.2) is 9.79 Å². The summed E-state index contributed by atoms with van der Waals surface area (Å²) in [6.45, 7) is 2.48. The van der Waals surface area contributed by atoms with Gasteiger partial charge in [0.25, 0.3) is 5.91 Å². The van der Waals surface area contributed by atoms with Crippen molar-refractivity contribution in [3.8, 4) is 5.75 Å². The Morgan fingerprint density at radius 3 is 2.53 bits per heavy atom. The molecule has 1 saturated heterocycles. The lowest BCUT2D eigenvalue weighted by atomic mass is 10.1. The second kappa shape index (κ2) is 8.49. The van der Waals surface area contributed by atoms with Crippen LogP contribution in [0.5, 0.6) is 5.75 Å². The van der Waals surface area contributed by atoms with Gasteiger partial charge in [0.1, 0.15) is 5.75 Å². The van der Waals surface area contributed by atoms with Crippen molar-refractivity contribution in [1.82, 2.24) is 14.7 Å². The lowest BCUT2D eigenvalue weighted by Crippen LogP contribution is -2.64. The Hall–Kier alpha value is -3.85. The van der Waals surface area contributed by atoms with E-state index in [0.717, 1.165) is 22.5 Å². The molecule has 3 aliphatic heterocycles. The highest BCUT2D eigenvalue weighted by atomic mass is 16.5. The fourth-order valence-corrected chi connectivity index (χ4v) is 4.65. The molecule has 2 aromatic carbocycles. The molecule has 9 heteroatoms. The average Bonchev–Trinajstić information content (AvgIpc) is 3.39. The molecule has 3 heterocycles. The van der Waals surface area contributed by atoms with Crippen LogP contribution in [0.3, 0.4) is 0 Å². The number of methoxy groups -OCH3 is 2. The minimum Gasteiger partial charge on any atom is -0.495 e. The first-order valence-electron chi connectivity index (χ1n) is 11.1. The van der Waals surface area contributed by atoms with Gasteiger partial charge in [0.15, 0.2) is 12.2 Å². The molecule has 0 aromatic heterocycles. The number of likely N-dealkylation sites (N-methyl/N-ethyl adjacent to an activating group) is 1. The topological polar surface area (TPSA) is 77.9 Å². The molecule has 0 radical (unpaired) electrons. The van der Waals surface area contributed by atoms with Gasteiger partial charge in [-0.05, 0) is 24.6 Å². The van der Waals surface area contributed by atoms with Crippen LogP contribution in [0.2, 0.25) is 0 Å². The first-order valence-corrected chi connectivity index (χ1v) is 11.1.